The van der Waals surface area contributed by atoms with Crippen LogP contribution in [0.4, 0.5) is 5.69 Å². The first kappa shape index (κ1) is 17.1. The van der Waals surface area contributed by atoms with Gasteiger partial charge in [-0.2, -0.15) is 5.10 Å². The topological polar surface area (TPSA) is 93.8 Å². The fourth-order valence-corrected chi connectivity index (χ4v) is 2.90. The quantitative estimate of drug-likeness (QED) is 0.459. The number of carbonyl (C=O) groups is 1. The van der Waals surface area contributed by atoms with Crippen molar-refractivity contribution in [2.24, 2.45) is 5.10 Å². The summed E-state index contributed by atoms with van der Waals surface area (Å²) in [6, 6.07) is 9.59. The van der Waals surface area contributed by atoms with Crippen molar-refractivity contribution in [3.05, 3.63) is 55.2 Å². The standard InChI is InChI=1S/C14H12BrN3O4S/c1-9(22-12-5-3-2-4-11(12)18(20)21)14(19)17-16-8-10-6-7-13(15)23-10/h2-9H,1H3,(H,17,19). The Kier molecular flexibility index (Phi) is 5.83. The number of thiophene rings is 1. The molecule has 2 aromatic rings. The van der Waals surface area contributed by atoms with Gasteiger partial charge in [0.15, 0.2) is 11.9 Å². The number of rotatable bonds is 6. The van der Waals surface area contributed by atoms with Gasteiger partial charge in [0.25, 0.3) is 5.91 Å². The number of halogens is 1. The normalized spacial score (nSPS) is 12.1. The summed E-state index contributed by atoms with van der Waals surface area (Å²) in [6.07, 6.45) is 0.577. The van der Waals surface area contributed by atoms with Crippen LogP contribution >= 0.6 is 27.3 Å². The lowest BCUT2D eigenvalue weighted by molar-refractivity contribution is -0.386. The Morgan fingerprint density at radius 1 is 1.43 bits per heavy atom. The number of amides is 1. The molecule has 0 spiro atoms. The molecule has 1 amide bonds. The van der Waals surface area contributed by atoms with E-state index in [-0.39, 0.29) is 11.4 Å². The van der Waals surface area contributed by atoms with Crippen molar-refractivity contribution >= 4 is 45.1 Å². The number of nitrogens with zero attached hydrogens (tertiary/aromatic N) is 2. The number of nitrogens with one attached hydrogen (secondary N) is 1. The Balaban J connectivity index is 1.95. The van der Waals surface area contributed by atoms with Gasteiger partial charge in [-0.1, -0.05) is 12.1 Å². The number of nitro benzene ring substituents is 1. The molecule has 0 aliphatic carbocycles. The third-order valence-electron chi connectivity index (χ3n) is 2.70. The third kappa shape index (κ3) is 4.86. The average Bonchev–Trinajstić information content (AvgIpc) is 2.93. The highest BCUT2D eigenvalue weighted by Crippen LogP contribution is 2.26. The summed E-state index contributed by atoms with van der Waals surface area (Å²) < 4.78 is 6.30. The van der Waals surface area contributed by atoms with Crippen LogP contribution in [-0.2, 0) is 4.79 Å². The van der Waals surface area contributed by atoms with Crippen molar-refractivity contribution in [1.82, 2.24) is 5.43 Å². The summed E-state index contributed by atoms with van der Waals surface area (Å²) in [5.41, 5.74) is 2.14. The van der Waals surface area contributed by atoms with Crippen LogP contribution in [0.5, 0.6) is 5.75 Å². The zero-order valence-electron chi connectivity index (χ0n) is 11.9. The van der Waals surface area contributed by atoms with Crippen LogP contribution in [0.3, 0.4) is 0 Å². The summed E-state index contributed by atoms with van der Waals surface area (Å²) in [4.78, 5) is 23.1. The molecule has 0 bridgehead atoms. The fourth-order valence-electron chi connectivity index (χ4n) is 1.60. The molecule has 0 saturated heterocycles. The van der Waals surface area contributed by atoms with E-state index in [0.29, 0.717) is 0 Å². The lowest BCUT2D eigenvalue weighted by Crippen LogP contribution is -2.33. The van der Waals surface area contributed by atoms with Gasteiger partial charge in [-0.05, 0) is 41.1 Å². The van der Waals surface area contributed by atoms with E-state index >= 15 is 0 Å². The van der Waals surface area contributed by atoms with E-state index in [0.717, 1.165) is 8.66 Å². The molecule has 1 heterocycles. The molecule has 1 aromatic carbocycles. The number of hydrogen-bond donors (Lipinski definition) is 1. The van der Waals surface area contributed by atoms with Gasteiger partial charge < -0.3 is 4.74 Å². The first-order valence-corrected chi connectivity index (χ1v) is 8.06. The van der Waals surface area contributed by atoms with Gasteiger partial charge in [-0.3, -0.25) is 14.9 Å². The van der Waals surface area contributed by atoms with Gasteiger partial charge in [-0.15, -0.1) is 11.3 Å². The van der Waals surface area contributed by atoms with E-state index in [1.54, 1.807) is 6.07 Å². The first-order valence-electron chi connectivity index (χ1n) is 6.45. The van der Waals surface area contributed by atoms with E-state index < -0.39 is 16.9 Å². The molecule has 120 valence electrons. The minimum Gasteiger partial charge on any atom is -0.474 e. The molecular weight excluding hydrogens is 386 g/mol. The minimum atomic E-state index is -0.927. The van der Waals surface area contributed by atoms with Gasteiger partial charge in [0, 0.05) is 10.9 Å². The van der Waals surface area contributed by atoms with Crippen LogP contribution in [0, 0.1) is 10.1 Å². The van der Waals surface area contributed by atoms with Crippen molar-refractivity contribution in [1.29, 1.82) is 0 Å². The lowest BCUT2D eigenvalue weighted by Gasteiger charge is -2.12. The number of carbonyl (C=O) groups excluding carboxylic acids is 1. The average molecular weight is 398 g/mol. The Morgan fingerprint density at radius 2 is 2.17 bits per heavy atom. The maximum atomic E-state index is 11.9. The monoisotopic (exact) mass is 397 g/mol. The Hall–Kier alpha value is -2.26. The molecule has 1 N–H and O–H groups in total. The molecule has 0 aliphatic rings. The van der Waals surface area contributed by atoms with E-state index in [1.807, 2.05) is 12.1 Å². The van der Waals surface area contributed by atoms with Crippen molar-refractivity contribution in [2.75, 3.05) is 0 Å². The summed E-state index contributed by atoms with van der Waals surface area (Å²) in [6.45, 7) is 1.49. The van der Waals surface area contributed by atoms with Crippen molar-refractivity contribution in [3.8, 4) is 5.75 Å². The van der Waals surface area contributed by atoms with Crippen molar-refractivity contribution in [2.45, 2.75) is 13.0 Å². The van der Waals surface area contributed by atoms with Gasteiger partial charge in [0.05, 0.1) is 14.9 Å². The van der Waals surface area contributed by atoms with Gasteiger partial charge in [-0.25, -0.2) is 5.43 Å². The molecule has 23 heavy (non-hydrogen) atoms. The van der Waals surface area contributed by atoms with Crippen LogP contribution in [-0.4, -0.2) is 23.1 Å². The molecule has 1 unspecified atom stereocenters. The highest BCUT2D eigenvalue weighted by atomic mass is 79.9. The Labute approximate surface area is 144 Å². The highest BCUT2D eigenvalue weighted by Gasteiger charge is 2.20. The summed E-state index contributed by atoms with van der Waals surface area (Å²) in [7, 11) is 0. The second-order valence-electron chi connectivity index (χ2n) is 4.36. The van der Waals surface area contributed by atoms with Gasteiger partial charge >= 0.3 is 5.69 Å². The summed E-state index contributed by atoms with van der Waals surface area (Å²) >= 11 is 4.79. The van der Waals surface area contributed by atoms with E-state index in [9.17, 15) is 14.9 Å². The molecule has 0 saturated carbocycles. The maximum Gasteiger partial charge on any atom is 0.310 e. The zero-order valence-corrected chi connectivity index (χ0v) is 14.3. The number of para-hydroxylation sites is 2. The Morgan fingerprint density at radius 3 is 2.83 bits per heavy atom. The molecule has 1 atom stereocenters. The molecule has 2 rings (SSSR count). The SMILES string of the molecule is CC(Oc1ccccc1[N+](=O)[O-])C(=O)NN=Cc1ccc(Br)s1. The molecule has 9 heteroatoms. The number of hydrogen-bond acceptors (Lipinski definition) is 6. The number of ether oxygens (including phenoxy) is 1. The van der Waals surface area contributed by atoms with Crippen LogP contribution in [0.1, 0.15) is 11.8 Å². The van der Waals surface area contributed by atoms with Gasteiger partial charge in [0.1, 0.15) is 0 Å². The summed E-state index contributed by atoms with van der Waals surface area (Å²) in [5, 5.41) is 14.7. The fraction of sp³-hybridized carbons (Fsp3) is 0.143. The van der Waals surface area contributed by atoms with Crippen molar-refractivity contribution in [3.63, 3.8) is 0 Å². The molecule has 1 aromatic heterocycles. The third-order valence-corrected chi connectivity index (χ3v) is 4.25. The highest BCUT2D eigenvalue weighted by molar-refractivity contribution is 9.11. The Bertz CT molecular complexity index is 747. The largest absolute Gasteiger partial charge is 0.474 e. The predicted molar refractivity (Wildman–Crippen MR) is 90.9 cm³/mol. The second kappa shape index (κ2) is 7.84. The van der Waals surface area contributed by atoms with E-state index in [4.69, 9.17) is 4.74 Å². The zero-order chi connectivity index (χ0) is 16.8. The summed E-state index contributed by atoms with van der Waals surface area (Å²) in [5.74, 6) is -0.471. The number of benzene rings is 1. The van der Waals surface area contributed by atoms with Crippen LogP contribution in [0.15, 0.2) is 45.3 Å². The maximum absolute atomic E-state index is 11.9. The second-order valence-corrected chi connectivity index (χ2v) is 6.86. The van der Waals surface area contributed by atoms with Crippen molar-refractivity contribution < 1.29 is 14.5 Å². The number of nitro groups is 1. The van der Waals surface area contributed by atoms with Crippen LogP contribution in [0.2, 0.25) is 0 Å². The molecule has 0 fully saturated rings. The predicted octanol–water partition coefficient (Wildman–Crippen LogP) is 3.34. The van der Waals surface area contributed by atoms with E-state index in [2.05, 4.69) is 26.5 Å². The molecular formula is C14H12BrN3O4S. The van der Waals surface area contributed by atoms with Gasteiger partial charge in [0.2, 0.25) is 0 Å². The van der Waals surface area contributed by atoms with Crippen LogP contribution in [0.25, 0.3) is 0 Å². The smallest absolute Gasteiger partial charge is 0.310 e. The minimum absolute atomic E-state index is 0.0336. The van der Waals surface area contributed by atoms with Crippen LogP contribution < -0.4 is 10.2 Å². The van der Waals surface area contributed by atoms with E-state index in [1.165, 1.54) is 42.7 Å². The lowest BCUT2D eigenvalue weighted by atomic mass is 10.3. The molecule has 7 nitrogen and oxygen atoms in total. The first-order chi connectivity index (χ1) is 11.0. The molecule has 0 radical (unpaired) electrons. The molecule has 0 aliphatic heterocycles. The number of hydrazone groups is 1.